The van der Waals surface area contributed by atoms with Crippen LogP contribution in [0.25, 0.3) is 11.0 Å². The Kier molecular flexibility index (Phi) is 8.67. The third-order valence-electron chi connectivity index (χ3n) is 4.31. The van der Waals surface area contributed by atoms with Gasteiger partial charge in [0.2, 0.25) is 0 Å². The van der Waals surface area contributed by atoms with Gasteiger partial charge in [0, 0.05) is 25.6 Å². The van der Waals surface area contributed by atoms with Crippen molar-refractivity contribution < 1.29 is 13.9 Å². The van der Waals surface area contributed by atoms with Crippen LogP contribution < -0.4 is 10.6 Å². The molecule has 0 bridgehead atoms. The highest BCUT2D eigenvalue weighted by Crippen LogP contribution is 2.23. The average Bonchev–Trinajstić information content (AvgIpc) is 3.29. The van der Waals surface area contributed by atoms with Crippen molar-refractivity contribution in [2.75, 3.05) is 33.4 Å². The first kappa shape index (κ1) is 21.0. The number of benzene rings is 1. The maximum absolute atomic E-state index is 5.89. The predicted octanol–water partition coefficient (Wildman–Crippen LogP) is 3.47. The Morgan fingerprint density at radius 3 is 2.96 bits per heavy atom. The second-order valence-corrected chi connectivity index (χ2v) is 6.26. The lowest BCUT2D eigenvalue weighted by atomic mass is 10.2. The largest absolute Gasteiger partial charge is 0.459 e. The van der Waals surface area contributed by atoms with Gasteiger partial charge < -0.3 is 24.5 Å². The van der Waals surface area contributed by atoms with E-state index in [-0.39, 0.29) is 36.1 Å². The summed E-state index contributed by atoms with van der Waals surface area (Å²) >= 11 is 0. The minimum absolute atomic E-state index is 0. The number of furan rings is 1. The molecule has 3 rings (SSSR count). The Balaban J connectivity index is 0.00000243. The molecule has 0 saturated carbocycles. The molecule has 0 amide bonds. The minimum Gasteiger partial charge on any atom is -0.459 e. The first-order valence-corrected chi connectivity index (χ1v) is 8.91. The number of para-hydroxylation sites is 1. The molecule has 1 saturated heterocycles. The molecule has 1 fully saturated rings. The van der Waals surface area contributed by atoms with E-state index in [1.807, 2.05) is 24.3 Å². The number of hydrogen-bond acceptors (Lipinski definition) is 4. The van der Waals surface area contributed by atoms with Crippen LogP contribution in [-0.4, -0.2) is 45.5 Å². The molecule has 2 atom stereocenters. The molecule has 1 aliphatic rings. The predicted molar refractivity (Wildman–Crippen MR) is 114 cm³/mol. The monoisotopic (exact) mass is 473 g/mol. The van der Waals surface area contributed by atoms with E-state index in [4.69, 9.17) is 13.9 Å². The Morgan fingerprint density at radius 2 is 2.23 bits per heavy atom. The van der Waals surface area contributed by atoms with Gasteiger partial charge in [-0.15, -0.1) is 24.0 Å². The van der Waals surface area contributed by atoms with Gasteiger partial charge in [-0.1, -0.05) is 18.2 Å². The first-order chi connectivity index (χ1) is 12.3. The van der Waals surface area contributed by atoms with E-state index in [1.165, 1.54) is 0 Å². The lowest BCUT2D eigenvalue weighted by Gasteiger charge is -2.16. The molecule has 26 heavy (non-hydrogen) atoms. The van der Waals surface area contributed by atoms with Crippen LogP contribution in [0.3, 0.4) is 0 Å². The summed E-state index contributed by atoms with van der Waals surface area (Å²) in [5, 5.41) is 7.71. The molecular formula is C19H28IN3O3. The zero-order chi connectivity index (χ0) is 17.5. The summed E-state index contributed by atoms with van der Waals surface area (Å²) in [7, 11) is 1.76. The normalized spacial score (nSPS) is 18.5. The highest BCUT2D eigenvalue weighted by molar-refractivity contribution is 14.0. The van der Waals surface area contributed by atoms with Gasteiger partial charge >= 0.3 is 0 Å². The van der Waals surface area contributed by atoms with Crippen LogP contribution in [-0.2, 0) is 9.47 Å². The van der Waals surface area contributed by atoms with Gasteiger partial charge in [0.25, 0.3) is 0 Å². The summed E-state index contributed by atoms with van der Waals surface area (Å²) in [5.41, 5.74) is 0.900. The lowest BCUT2D eigenvalue weighted by Crippen LogP contribution is -2.40. The Labute approximate surface area is 171 Å². The van der Waals surface area contributed by atoms with Crippen molar-refractivity contribution in [1.29, 1.82) is 0 Å². The summed E-state index contributed by atoms with van der Waals surface area (Å²) < 4.78 is 17.1. The third-order valence-corrected chi connectivity index (χ3v) is 4.31. The molecular weight excluding hydrogens is 445 g/mol. The van der Waals surface area contributed by atoms with Crippen molar-refractivity contribution in [3.05, 3.63) is 36.1 Å². The van der Waals surface area contributed by atoms with Crippen LogP contribution in [0.2, 0.25) is 0 Å². The van der Waals surface area contributed by atoms with Crippen molar-refractivity contribution in [2.24, 2.45) is 4.99 Å². The van der Waals surface area contributed by atoms with Crippen molar-refractivity contribution >= 4 is 40.9 Å². The number of ether oxygens (including phenoxy) is 2. The van der Waals surface area contributed by atoms with Crippen molar-refractivity contribution in [3.8, 4) is 0 Å². The molecule has 2 heterocycles. The van der Waals surface area contributed by atoms with Crippen LogP contribution in [0.15, 0.2) is 39.7 Å². The molecule has 0 aliphatic carbocycles. The van der Waals surface area contributed by atoms with E-state index in [9.17, 15) is 0 Å². The number of guanidine groups is 1. The van der Waals surface area contributed by atoms with Crippen LogP contribution >= 0.6 is 24.0 Å². The number of nitrogens with zero attached hydrogens (tertiary/aromatic N) is 1. The summed E-state index contributed by atoms with van der Waals surface area (Å²) in [4.78, 5) is 4.26. The Bertz CT molecular complexity index is 665. The van der Waals surface area contributed by atoms with Gasteiger partial charge in [-0.25, -0.2) is 0 Å². The molecule has 2 unspecified atom stereocenters. The number of hydrogen-bond donors (Lipinski definition) is 2. The van der Waals surface area contributed by atoms with Gasteiger partial charge in [-0.05, 0) is 31.9 Å². The Morgan fingerprint density at radius 1 is 1.38 bits per heavy atom. The van der Waals surface area contributed by atoms with E-state index in [1.54, 1.807) is 7.05 Å². The molecule has 1 aromatic heterocycles. The molecule has 2 N–H and O–H groups in total. The van der Waals surface area contributed by atoms with E-state index in [0.29, 0.717) is 19.8 Å². The summed E-state index contributed by atoms with van der Waals surface area (Å²) in [5.74, 6) is 1.62. The summed E-state index contributed by atoms with van der Waals surface area (Å²) in [6.45, 7) is 4.91. The number of halogens is 1. The number of rotatable bonds is 7. The lowest BCUT2D eigenvalue weighted by molar-refractivity contribution is 0.0191. The van der Waals surface area contributed by atoms with Crippen molar-refractivity contribution in [3.63, 3.8) is 0 Å². The molecule has 1 aromatic carbocycles. The minimum atomic E-state index is 0. The molecule has 0 radical (unpaired) electrons. The highest BCUT2D eigenvalue weighted by Gasteiger charge is 2.15. The summed E-state index contributed by atoms with van der Waals surface area (Å²) in [6, 6.07) is 10.1. The summed E-state index contributed by atoms with van der Waals surface area (Å²) in [6.07, 6.45) is 2.51. The van der Waals surface area contributed by atoms with Gasteiger partial charge in [0.05, 0.1) is 25.4 Å². The number of aliphatic imine (C=N–C) groups is 1. The van der Waals surface area contributed by atoms with E-state index >= 15 is 0 Å². The van der Waals surface area contributed by atoms with Crippen LogP contribution in [0.5, 0.6) is 0 Å². The van der Waals surface area contributed by atoms with Crippen LogP contribution in [0.4, 0.5) is 0 Å². The zero-order valence-electron chi connectivity index (χ0n) is 15.4. The maximum atomic E-state index is 5.89. The fraction of sp³-hybridized carbons (Fsp3) is 0.526. The molecule has 2 aromatic rings. The fourth-order valence-corrected chi connectivity index (χ4v) is 2.92. The second-order valence-electron chi connectivity index (χ2n) is 6.26. The standard InChI is InChI=1S/C19H27N3O3.HI/c1-14(18-12-15-6-3-4-8-17(15)25-18)22-19(20-2)21-9-11-23-13-16-7-5-10-24-16;/h3-4,6,8,12,14,16H,5,7,9-11,13H2,1-2H3,(H2,20,21,22);1H. The average molecular weight is 473 g/mol. The fourth-order valence-electron chi connectivity index (χ4n) is 2.92. The van der Waals surface area contributed by atoms with Crippen molar-refractivity contribution in [2.45, 2.75) is 31.9 Å². The van der Waals surface area contributed by atoms with E-state index in [2.05, 4.69) is 28.6 Å². The molecule has 7 heteroatoms. The van der Waals surface area contributed by atoms with E-state index in [0.717, 1.165) is 42.1 Å². The third kappa shape index (κ3) is 5.85. The number of fused-ring (bicyclic) bond motifs is 1. The number of nitrogens with one attached hydrogen (secondary N) is 2. The maximum Gasteiger partial charge on any atom is 0.191 e. The highest BCUT2D eigenvalue weighted by atomic mass is 127. The van der Waals surface area contributed by atoms with E-state index < -0.39 is 0 Å². The van der Waals surface area contributed by atoms with Crippen LogP contribution in [0.1, 0.15) is 31.6 Å². The molecule has 1 aliphatic heterocycles. The molecule has 6 nitrogen and oxygen atoms in total. The molecule has 0 spiro atoms. The quantitative estimate of drug-likeness (QED) is 0.279. The van der Waals surface area contributed by atoms with Gasteiger partial charge in [-0.3, -0.25) is 4.99 Å². The SMILES string of the molecule is CN=C(NCCOCC1CCCO1)NC(C)c1cc2ccccc2o1.I. The van der Waals surface area contributed by atoms with Gasteiger partial charge in [-0.2, -0.15) is 0 Å². The second kappa shape index (κ2) is 10.7. The first-order valence-electron chi connectivity index (χ1n) is 8.91. The van der Waals surface area contributed by atoms with Crippen molar-refractivity contribution in [1.82, 2.24) is 10.6 Å². The van der Waals surface area contributed by atoms with Gasteiger partial charge in [0.1, 0.15) is 11.3 Å². The van der Waals surface area contributed by atoms with Gasteiger partial charge in [0.15, 0.2) is 5.96 Å². The topological polar surface area (TPSA) is 68.0 Å². The zero-order valence-corrected chi connectivity index (χ0v) is 17.7. The smallest absolute Gasteiger partial charge is 0.191 e. The van der Waals surface area contributed by atoms with Crippen LogP contribution in [0, 0.1) is 0 Å². The molecule has 144 valence electrons. The Hall–Kier alpha value is -1.32.